The summed E-state index contributed by atoms with van der Waals surface area (Å²) in [6.45, 7) is 1.41. The minimum absolute atomic E-state index is 0.0881. The molecule has 56 valence electrons. The van der Waals surface area contributed by atoms with Crippen molar-refractivity contribution < 1.29 is 14.7 Å². The average molecular weight is 143 g/mol. The van der Waals surface area contributed by atoms with Crippen LogP contribution in [0.25, 0.3) is 0 Å². The van der Waals surface area contributed by atoms with Crippen molar-refractivity contribution in [1.29, 1.82) is 0 Å². The zero-order valence-electron chi connectivity index (χ0n) is 5.68. The number of ketones is 1. The molecule has 0 aromatic carbocycles. The minimum Gasteiger partial charge on any atom is -0.465 e. The molecule has 1 saturated carbocycles. The number of nitrogens with one attached hydrogen (secondary N) is 1. The fraction of sp³-hybridized carbons (Fsp3) is 0.667. The Bertz CT molecular complexity index is 183. The van der Waals surface area contributed by atoms with Gasteiger partial charge in [-0.25, -0.2) is 4.79 Å². The van der Waals surface area contributed by atoms with Crippen LogP contribution in [0.15, 0.2) is 0 Å². The van der Waals surface area contributed by atoms with E-state index in [4.69, 9.17) is 5.11 Å². The molecule has 0 aromatic rings. The van der Waals surface area contributed by atoms with E-state index in [1.165, 1.54) is 6.92 Å². The molecule has 0 aliphatic heterocycles. The van der Waals surface area contributed by atoms with E-state index in [0.717, 1.165) is 0 Å². The summed E-state index contributed by atoms with van der Waals surface area (Å²) in [7, 11) is 0. The van der Waals surface area contributed by atoms with Gasteiger partial charge in [0.15, 0.2) is 5.78 Å². The first-order valence-electron chi connectivity index (χ1n) is 3.09. The van der Waals surface area contributed by atoms with Crippen molar-refractivity contribution in [2.75, 3.05) is 0 Å². The highest BCUT2D eigenvalue weighted by atomic mass is 16.4. The molecule has 1 amide bonds. The summed E-state index contributed by atoms with van der Waals surface area (Å²) in [5.74, 6) is -0.0881. The van der Waals surface area contributed by atoms with Gasteiger partial charge < -0.3 is 10.4 Å². The number of Topliss-reactive ketones (excluding diaryl/α,β-unsaturated/α-hetero) is 1. The van der Waals surface area contributed by atoms with Crippen molar-refractivity contribution in [3.05, 3.63) is 0 Å². The SMILES string of the molecule is CC(=O)C1(NC(=O)O)CC1. The molecule has 0 spiro atoms. The largest absolute Gasteiger partial charge is 0.465 e. The van der Waals surface area contributed by atoms with Crippen molar-refractivity contribution in [1.82, 2.24) is 5.32 Å². The molecule has 1 aliphatic rings. The molecule has 0 heterocycles. The zero-order chi connectivity index (χ0) is 7.78. The van der Waals surface area contributed by atoms with E-state index in [9.17, 15) is 9.59 Å². The van der Waals surface area contributed by atoms with E-state index in [2.05, 4.69) is 5.32 Å². The molecule has 4 nitrogen and oxygen atoms in total. The number of rotatable bonds is 2. The first-order chi connectivity index (χ1) is 4.57. The van der Waals surface area contributed by atoms with E-state index >= 15 is 0 Å². The Morgan fingerprint density at radius 2 is 2.00 bits per heavy atom. The second-order valence-electron chi connectivity index (χ2n) is 2.57. The fourth-order valence-electron chi connectivity index (χ4n) is 0.895. The normalized spacial score (nSPS) is 19.7. The highest BCUT2D eigenvalue weighted by molar-refractivity contribution is 5.92. The van der Waals surface area contributed by atoms with Crippen LogP contribution < -0.4 is 5.32 Å². The number of hydrogen-bond donors (Lipinski definition) is 2. The predicted molar refractivity (Wildman–Crippen MR) is 33.8 cm³/mol. The lowest BCUT2D eigenvalue weighted by atomic mass is 10.2. The van der Waals surface area contributed by atoms with E-state index in [0.29, 0.717) is 12.8 Å². The number of carboxylic acid groups (broad SMARTS) is 1. The van der Waals surface area contributed by atoms with Crippen molar-refractivity contribution in [2.24, 2.45) is 0 Å². The van der Waals surface area contributed by atoms with Crippen LogP contribution in [-0.4, -0.2) is 22.5 Å². The monoisotopic (exact) mass is 143 g/mol. The van der Waals surface area contributed by atoms with Crippen LogP contribution in [0.5, 0.6) is 0 Å². The lowest BCUT2D eigenvalue weighted by Gasteiger charge is -2.09. The van der Waals surface area contributed by atoms with Gasteiger partial charge in [-0.05, 0) is 19.8 Å². The van der Waals surface area contributed by atoms with Crippen LogP contribution in [-0.2, 0) is 4.79 Å². The van der Waals surface area contributed by atoms with Crippen LogP contribution in [0.2, 0.25) is 0 Å². The molecular formula is C6H9NO3. The van der Waals surface area contributed by atoms with Crippen LogP contribution in [0, 0.1) is 0 Å². The highest BCUT2D eigenvalue weighted by Gasteiger charge is 2.48. The van der Waals surface area contributed by atoms with Crippen molar-refractivity contribution >= 4 is 11.9 Å². The Morgan fingerprint density at radius 3 is 2.10 bits per heavy atom. The van der Waals surface area contributed by atoms with Gasteiger partial charge in [-0.1, -0.05) is 0 Å². The Hall–Kier alpha value is -1.06. The second-order valence-corrected chi connectivity index (χ2v) is 2.57. The molecule has 0 aromatic heterocycles. The number of amides is 1. The summed E-state index contributed by atoms with van der Waals surface area (Å²) in [5, 5.41) is 10.5. The molecule has 0 radical (unpaired) electrons. The molecule has 1 aliphatic carbocycles. The van der Waals surface area contributed by atoms with Crippen LogP contribution in [0.1, 0.15) is 19.8 Å². The van der Waals surface area contributed by atoms with E-state index in [1.807, 2.05) is 0 Å². The van der Waals surface area contributed by atoms with Gasteiger partial charge in [-0.15, -0.1) is 0 Å². The smallest absolute Gasteiger partial charge is 0.405 e. The van der Waals surface area contributed by atoms with Crippen LogP contribution >= 0.6 is 0 Å². The quantitative estimate of drug-likeness (QED) is 0.587. The first kappa shape index (κ1) is 7.05. The minimum atomic E-state index is -1.12. The van der Waals surface area contributed by atoms with Gasteiger partial charge in [0.1, 0.15) is 5.54 Å². The maximum atomic E-state index is 10.7. The molecule has 0 atom stereocenters. The van der Waals surface area contributed by atoms with E-state index < -0.39 is 11.6 Å². The van der Waals surface area contributed by atoms with Gasteiger partial charge in [-0.2, -0.15) is 0 Å². The van der Waals surface area contributed by atoms with Gasteiger partial charge in [0.2, 0.25) is 0 Å². The molecule has 1 rings (SSSR count). The standard InChI is InChI=1S/C6H9NO3/c1-4(8)6(2-3-6)7-5(9)10/h7H,2-3H2,1H3,(H,9,10). The number of hydrogen-bond acceptors (Lipinski definition) is 2. The van der Waals surface area contributed by atoms with Gasteiger partial charge >= 0.3 is 6.09 Å². The number of carbonyl (C=O) groups is 2. The van der Waals surface area contributed by atoms with Crippen LogP contribution in [0.4, 0.5) is 4.79 Å². The summed E-state index contributed by atoms with van der Waals surface area (Å²) < 4.78 is 0. The molecule has 4 heteroatoms. The fourth-order valence-corrected chi connectivity index (χ4v) is 0.895. The maximum Gasteiger partial charge on any atom is 0.405 e. The van der Waals surface area contributed by atoms with E-state index in [-0.39, 0.29) is 5.78 Å². The third-order valence-corrected chi connectivity index (χ3v) is 1.77. The van der Waals surface area contributed by atoms with Gasteiger partial charge in [0.25, 0.3) is 0 Å². The van der Waals surface area contributed by atoms with Crippen molar-refractivity contribution in [3.63, 3.8) is 0 Å². The maximum absolute atomic E-state index is 10.7. The summed E-state index contributed by atoms with van der Waals surface area (Å²) in [6.07, 6.45) is 0.177. The highest BCUT2D eigenvalue weighted by Crippen LogP contribution is 2.35. The lowest BCUT2D eigenvalue weighted by Crippen LogP contribution is -2.41. The Balaban J connectivity index is 2.53. The average Bonchev–Trinajstić information content (AvgIpc) is 2.46. The Morgan fingerprint density at radius 1 is 1.50 bits per heavy atom. The van der Waals surface area contributed by atoms with Crippen LogP contribution in [0.3, 0.4) is 0 Å². The molecule has 0 bridgehead atoms. The molecule has 2 N–H and O–H groups in total. The number of carbonyl (C=O) groups excluding carboxylic acids is 1. The van der Waals surface area contributed by atoms with Crippen molar-refractivity contribution in [3.8, 4) is 0 Å². The predicted octanol–water partition coefficient (Wildman–Crippen LogP) is 0.376. The van der Waals surface area contributed by atoms with Gasteiger partial charge in [0.05, 0.1) is 0 Å². The first-order valence-corrected chi connectivity index (χ1v) is 3.09. The van der Waals surface area contributed by atoms with Gasteiger partial charge in [0, 0.05) is 0 Å². The summed E-state index contributed by atoms with van der Waals surface area (Å²) in [5.41, 5.74) is -0.716. The van der Waals surface area contributed by atoms with E-state index in [1.54, 1.807) is 0 Å². The molecule has 0 unspecified atom stereocenters. The summed E-state index contributed by atoms with van der Waals surface area (Å²) in [6, 6.07) is 0. The molecule has 10 heavy (non-hydrogen) atoms. The summed E-state index contributed by atoms with van der Waals surface area (Å²) in [4.78, 5) is 20.8. The second kappa shape index (κ2) is 1.97. The van der Waals surface area contributed by atoms with Crippen molar-refractivity contribution in [2.45, 2.75) is 25.3 Å². The molecule has 1 fully saturated rings. The third-order valence-electron chi connectivity index (χ3n) is 1.77. The molecule has 0 saturated heterocycles. The topological polar surface area (TPSA) is 66.4 Å². The lowest BCUT2D eigenvalue weighted by molar-refractivity contribution is -0.119. The zero-order valence-corrected chi connectivity index (χ0v) is 5.68. The Kier molecular flexibility index (Phi) is 1.39. The summed E-state index contributed by atoms with van der Waals surface area (Å²) >= 11 is 0. The third kappa shape index (κ3) is 1.10. The van der Waals surface area contributed by atoms with Gasteiger partial charge in [-0.3, -0.25) is 4.79 Å². The Labute approximate surface area is 58.2 Å². The molecular weight excluding hydrogens is 134 g/mol.